The van der Waals surface area contributed by atoms with Gasteiger partial charge in [-0.05, 0) is 49.7 Å². The standard InChI is InChI=1S/C19H24N2O5S/c1-12-6-7-14(10-17(12)21-27(5,23)24)19(22)20-13(2)16-11-15(25-3)8-9-18(16)26-4/h6-11,13,21H,1-5H3,(H,20,22)/t13-/m0/s1. The minimum absolute atomic E-state index is 0.330. The molecule has 1 atom stereocenters. The van der Waals surface area contributed by atoms with Gasteiger partial charge in [-0.2, -0.15) is 0 Å². The monoisotopic (exact) mass is 392 g/mol. The van der Waals surface area contributed by atoms with E-state index in [-0.39, 0.29) is 11.9 Å². The van der Waals surface area contributed by atoms with Gasteiger partial charge in [0.1, 0.15) is 11.5 Å². The highest BCUT2D eigenvalue weighted by Crippen LogP contribution is 2.29. The number of amides is 1. The molecule has 1 amide bonds. The lowest BCUT2D eigenvalue weighted by atomic mass is 10.1. The Balaban J connectivity index is 2.26. The summed E-state index contributed by atoms with van der Waals surface area (Å²) in [6.45, 7) is 3.60. The molecule has 2 rings (SSSR count). The van der Waals surface area contributed by atoms with Gasteiger partial charge in [0, 0.05) is 11.1 Å². The van der Waals surface area contributed by atoms with E-state index in [4.69, 9.17) is 9.47 Å². The minimum atomic E-state index is -3.44. The van der Waals surface area contributed by atoms with Crippen molar-refractivity contribution < 1.29 is 22.7 Å². The number of ether oxygens (including phenoxy) is 2. The SMILES string of the molecule is COc1ccc(OC)c([C@H](C)NC(=O)c2ccc(C)c(NS(C)(=O)=O)c2)c1. The highest BCUT2D eigenvalue weighted by atomic mass is 32.2. The van der Waals surface area contributed by atoms with Crippen LogP contribution in [0.3, 0.4) is 0 Å². The first-order valence-electron chi connectivity index (χ1n) is 8.26. The van der Waals surface area contributed by atoms with E-state index in [9.17, 15) is 13.2 Å². The lowest BCUT2D eigenvalue weighted by molar-refractivity contribution is 0.0939. The zero-order chi connectivity index (χ0) is 20.2. The molecule has 2 aromatic carbocycles. The van der Waals surface area contributed by atoms with E-state index >= 15 is 0 Å². The second-order valence-corrected chi connectivity index (χ2v) is 7.96. The van der Waals surface area contributed by atoms with Crippen molar-refractivity contribution in [3.63, 3.8) is 0 Å². The Morgan fingerprint density at radius 1 is 1.07 bits per heavy atom. The molecule has 0 aliphatic rings. The maximum Gasteiger partial charge on any atom is 0.251 e. The Kier molecular flexibility index (Phi) is 6.32. The smallest absolute Gasteiger partial charge is 0.251 e. The molecule has 0 aliphatic carbocycles. The lowest BCUT2D eigenvalue weighted by Crippen LogP contribution is -2.27. The van der Waals surface area contributed by atoms with Crippen LogP contribution >= 0.6 is 0 Å². The molecule has 2 aromatic rings. The molecular weight excluding hydrogens is 368 g/mol. The van der Waals surface area contributed by atoms with Crippen molar-refractivity contribution in [2.75, 3.05) is 25.2 Å². The zero-order valence-corrected chi connectivity index (χ0v) is 16.8. The van der Waals surface area contributed by atoms with Crippen LogP contribution in [-0.4, -0.2) is 34.8 Å². The van der Waals surface area contributed by atoms with E-state index in [1.807, 2.05) is 6.92 Å². The first kappa shape index (κ1) is 20.6. The van der Waals surface area contributed by atoms with Gasteiger partial charge in [-0.3, -0.25) is 9.52 Å². The maximum atomic E-state index is 12.7. The number of anilines is 1. The normalized spacial score (nSPS) is 12.2. The quantitative estimate of drug-likeness (QED) is 0.756. The molecule has 0 unspecified atom stereocenters. The second-order valence-electron chi connectivity index (χ2n) is 6.21. The van der Waals surface area contributed by atoms with E-state index in [0.29, 0.717) is 22.7 Å². The molecule has 0 aliphatic heterocycles. The molecule has 0 fully saturated rings. The summed E-state index contributed by atoms with van der Waals surface area (Å²) in [6.07, 6.45) is 1.07. The predicted octanol–water partition coefficient (Wildman–Crippen LogP) is 2.87. The Bertz CT molecular complexity index is 941. The van der Waals surface area contributed by atoms with Crippen LogP contribution in [0.2, 0.25) is 0 Å². The summed E-state index contributed by atoms with van der Waals surface area (Å²) < 4.78 is 36.0. The number of carbonyl (C=O) groups is 1. The minimum Gasteiger partial charge on any atom is -0.497 e. The maximum absolute atomic E-state index is 12.7. The first-order valence-corrected chi connectivity index (χ1v) is 10.1. The fraction of sp³-hybridized carbons (Fsp3) is 0.316. The number of sulfonamides is 1. The van der Waals surface area contributed by atoms with Crippen molar-refractivity contribution in [3.8, 4) is 11.5 Å². The first-order chi connectivity index (χ1) is 12.6. The van der Waals surface area contributed by atoms with Crippen molar-refractivity contribution in [2.45, 2.75) is 19.9 Å². The molecular formula is C19H24N2O5S. The van der Waals surface area contributed by atoms with Gasteiger partial charge in [0.25, 0.3) is 5.91 Å². The van der Waals surface area contributed by atoms with Crippen LogP contribution in [0.1, 0.15) is 34.5 Å². The number of methoxy groups -OCH3 is 2. The van der Waals surface area contributed by atoms with E-state index in [0.717, 1.165) is 17.4 Å². The third kappa shape index (κ3) is 5.37. The molecule has 0 bridgehead atoms. The summed E-state index contributed by atoms with van der Waals surface area (Å²) in [7, 11) is -0.312. The summed E-state index contributed by atoms with van der Waals surface area (Å²) in [4.78, 5) is 12.7. The fourth-order valence-electron chi connectivity index (χ4n) is 2.61. The molecule has 146 valence electrons. The molecule has 0 heterocycles. The molecule has 0 saturated heterocycles. The number of hydrogen-bond acceptors (Lipinski definition) is 5. The van der Waals surface area contributed by atoms with Crippen LogP contribution in [-0.2, 0) is 10.0 Å². The highest BCUT2D eigenvalue weighted by molar-refractivity contribution is 7.92. The topological polar surface area (TPSA) is 93.7 Å². The molecule has 0 spiro atoms. The van der Waals surface area contributed by atoms with Gasteiger partial charge < -0.3 is 14.8 Å². The van der Waals surface area contributed by atoms with Gasteiger partial charge in [-0.15, -0.1) is 0 Å². The molecule has 27 heavy (non-hydrogen) atoms. The van der Waals surface area contributed by atoms with Gasteiger partial charge in [-0.1, -0.05) is 6.07 Å². The number of aryl methyl sites for hydroxylation is 1. The Hall–Kier alpha value is -2.74. The van der Waals surface area contributed by atoms with E-state index in [2.05, 4.69) is 10.0 Å². The van der Waals surface area contributed by atoms with Crippen LogP contribution in [0.25, 0.3) is 0 Å². The third-order valence-electron chi connectivity index (χ3n) is 4.05. The van der Waals surface area contributed by atoms with Crippen molar-refractivity contribution in [2.24, 2.45) is 0 Å². The summed E-state index contributed by atoms with van der Waals surface area (Å²) in [6, 6.07) is 9.86. The Morgan fingerprint density at radius 2 is 1.78 bits per heavy atom. The van der Waals surface area contributed by atoms with Crippen LogP contribution in [0.15, 0.2) is 36.4 Å². The van der Waals surface area contributed by atoms with Gasteiger partial charge in [0.05, 0.1) is 32.2 Å². The molecule has 0 radical (unpaired) electrons. The number of benzene rings is 2. The molecule has 2 N–H and O–H groups in total. The Morgan fingerprint density at radius 3 is 2.37 bits per heavy atom. The van der Waals surface area contributed by atoms with Crippen molar-refractivity contribution >= 4 is 21.6 Å². The number of rotatable bonds is 7. The largest absolute Gasteiger partial charge is 0.497 e. The Labute approximate surface area is 159 Å². The summed E-state index contributed by atoms with van der Waals surface area (Å²) in [5.41, 5.74) is 2.21. The van der Waals surface area contributed by atoms with E-state index in [1.54, 1.807) is 51.5 Å². The van der Waals surface area contributed by atoms with Crippen LogP contribution in [0, 0.1) is 6.92 Å². The zero-order valence-electron chi connectivity index (χ0n) is 16.0. The van der Waals surface area contributed by atoms with E-state index < -0.39 is 10.0 Å². The van der Waals surface area contributed by atoms with Crippen molar-refractivity contribution in [1.29, 1.82) is 0 Å². The summed E-state index contributed by atoms with van der Waals surface area (Å²) in [5.74, 6) is 0.956. The van der Waals surface area contributed by atoms with Gasteiger partial charge >= 0.3 is 0 Å². The molecule has 7 nitrogen and oxygen atoms in total. The predicted molar refractivity (Wildman–Crippen MR) is 105 cm³/mol. The van der Waals surface area contributed by atoms with Crippen LogP contribution in [0.4, 0.5) is 5.69 Å². The number of nitrogens with one attached hydrogen (secondary N) is 2. The summed E-state index contributed by atoms with van der Waals surface area (Å²) in [5, 5.41) is 2.90. The lowest BCUT2D eigenvalue weighted by Gasteiger charge is -2.19. The average molecular weight is 392 g/mol. The van der Waals surface area contributed by atoms with Gasteiger partial charge in [0.2, 0.25) is 10.0 Å². The molecule has 0 saturated carbocycles. The number of carbonyl (C=O) groups excluding carboxylic acids is 1. The highest BCUT2D eigenvalue weighted by Gasteiger charge is 2.17. The van der Waals surface area contributed by atoms with Gasteiger partial charge in [0.15, 0.2) is 0 Å². The second kappa shape index (κ2) is 8.30. The van der Waals surface area contributed by atoms with Gasteiger partial charge in [-0.25, -0.2) is 8.42 Å². The average Bonchev–Trinajstić information content (AvgIpc) is 2.61. The number of hydrogen-bond donors (Lipinski definition) is 2. The van der Waals surface area contributed by atoms with Crippen molar-refractivity contribution in [3.05, 3.63) is 53.1 Å². The van der Waals surface area contributed by atoms with Crippen molar-refractivity contribution in [1.82, 2.24) is 5.32 Å². The van der Waals surface area contributed by atoms with E-state index in [1.165, 1.54) is 6.07 Å². The van der Waals surface area contributed by atoms with Crippen LogP contribution in [0.5, 0.6) is 11.5 Å². The molecule has 8 heteroatoms. The fourth-order valence-corrected chi connectivity index (χ4v) is 3.23. The van der Waals surface area contributed by atoms with Crippen LogP contribution < -0.4 is 19.5 Å². The molecule has 0 aromatic heterocycles. The third-order valence-corrected chi connectivity index (χ3v) is 4.64. The summed E-state index contributed by atoms with van der Waals surface area (Å²) >= 11 is 0.